The van der Waals surface area contributed by atoms with Gasteiger partial charge in [0.25, 0.3) is 11.8 Å². The molecule has 0 aliphatic rings. The van der Waals surface area contributed by atoms with Crippen LogP contribution in [0, 0.1) is 0 Å². The monoisotopic (exact) mass is 386 g/mol. The van der Waals surface area contributed by atoms with Gasteiger partial charge in [0, 0.05) is 16.8 Å². The summed E-state index contributed by atoms with van der Waals surface area (Å²) >= 11 is 0. The molecule has 7 nitrogen and oxygen atoms in total. The number of ether oxygens (including phenoxy) is 1. The van der Waals surface area contributed by atoms with Crippen LogP contribution in [0.3, 0.4) is 0 Å². The molecule has 0 aliphatic heterocycles. The van der Waals surface area contributed by atoms with E-state index in [1.807, 2.05) is 48.5 Å². The summed E-state index contributed by atoms with van der Waals surface area (Å²) in [5.41, 5.74) is 8.87. The molecule has 144 valence electrons. The molecule has 1 heterocycles. The summed E-state index contributed by atoms with van der Waals surface area (Å²) in [5, 5.41) is 2.88. The SMILES string of the molecule is NC(=O)COc1ccc(C(=O)Nc2cccc(-c3nc4ccccc4[nH]3)c2)cc1. The van der Waals surface area contributed by atoms with E-state index in [9.17, 15) is 9.59 Å². The van der Waals surface area contributed by atoms with E-state index in [0.717, 1.165) is 22.4 Å². The molecular formula is C22H18N4O3. The van der Waals surface area contributed by atoms with Gasteiger partial charge in [-0.1, -0.05) is 24.3 Å². The highest BCUT2D eigenvalue weighted by molar-refractivity contribution is 6.04. The number of carbonyl (C=O) groups is 2. The molecule has 29 heavy (non-hydrogen) atoms. The highest BCUT2D eigenvalue weighted by atomic mass is 16.5. The number of fused-ring (bicyclic) bond motifs is 1. The molecular weight excluding hydrogens is 368 g/mol. The lowest BCUT2D eigenvalue weighted by Gasteiger charge is -2.08. The third kappa shape index (κ3) is 4.24. The minimum absolute atomic E-state index is 0.208. The second-order valence-corrected chi connectivity index (χ2v) is 6.42. The van der Waals surface area contributed by atoms with Crippen molar-refractivity contribution in [3.63, 3.8) is 0 Å². The molecule has 4 N–H and O–H groups in total. The van der Waals surface area contributed by atoms with Gasteiger partial charge in [-0.25, -0.2) is 4.98 Å². The summed E-state index contributed by atoms with van der Waals surface area (Å²) in [5.74, 6) is 0.384. The number of benzene rings is 3. The zero-order valence-electron chi connectivity index (χ0n) is 15.4. The van der Waals surface area contributed by atoms with Crippen molar-refractivity contribution in [3.8, 4) is 17.1 Å². The Bertz CT molecular complexity index is 1150. The van der Waals surface area contributed by atoms with Crippen molar-refractivity contribution >= 4 is 28.5 Å². The van der Waals surface area contributed by atoms with Gasteiger partial charge >= 0.3 is 0 Å². The van der Waals surface area contributed by atoms with Crippen molar-refractivity contribution in [1.29, 1.82) is 0 Å². The van der Waals surface area contributed by atoms with Crippen molar-refractivity contribution < 1.29 is 14.3 Å². The molecule has 0 radical (unpaired) electrons. The molecule has 0 fully saturated rings. The van der Waals surface area contributed by atoms with Crippen LogP contribution in [-0.4, -0.2) is 28.4 Å². The average molecular weight is 386 g/mol. The number of hydrogen-bond acceptors (Lipinski definition) is 4. The van der Waals surface area contributed by atoms with Crippen LogP contribution < -0.4 is 15.8 Å². The molecule has 0 aliphatic carbocycles. The number of imidazole rings is 1. The predicted molar refractivity (Wildman–Crippen MR) is 111 cm³/mol. The molecule has 1 aromatic heterocycles. The summed E-state index contributed by atoms with van der Waals surface area (Å²) in [6.07, 6.45) is 0. The smallest absolute Gasteiger partial charge is 0.255 e. The van der Waals surface area contributed by atoms with Gasteiger partial charge < -0.3 is 20.8 Å². The average Bonchev–Trinajstić information content (AvgIpc) is 3.17. The van der Waals surface area contributed by atoms with Gasteiger partial charge in [0.1, 0.15) is 11.6 Å². The zero-order chi connectivity index (χ0) is 20.2. The highest BCUT2D eigenvalue weighted by Crippen LogP contribution is 2.23. The third-order valence-corrected chi connectivity index (χ3v) is 4.28. The topological polar surface area (TPSA) is 110 Å². The Hall–Kier alpha value is -4.13. The fourth-order valence-electron chi connectivity index (χ4n) is 2.89. The first-order valence-electron chi connectivity index (χ1n) is 8.96. The Balaban J connectivity index is 1.48. The molecule has 0 atom stereocenters. The van der Waals surface area contributed by atoms with E-state index in [4.69, 9.17) is 10.5 Å². The van der Waals surface area contributed by atoms with E-state index in [2.05, 4.69) is 15.3 Å². The Labute approximate surface area is 166 Å². The lowest BCUT2D eigenvalue weighted by molar-refractivity contribution is -0.119. The number of anilines is 1. The quantitative estimate of drug-likeness (QED) is 0.472. The normalized spacial score (nSPS) is 10.6. The van der Waals surface area contributed by atoms with E-state index in [1.165, 1.54) is 0 Å². The van der Waals surface area contributed by atoms with Crippen molar-refractivity contribution in [2.24, 2.45) is 5.73 Å². The number of aromatic amines is 1. The number of primary amides is 1. The first kappa shape index (κ1) is 18.2. The zero-order valence-corrected chi connectivity index (χ0v) is 15.4. The van der Waals surface area contributed by atoms with Crippen LogP contribution in [0.5, 0.6) is 5.75 Å². The minimum Gasteiger partial charge on any atom is -0.484 e. The largest absolute Gasteiger partial charge is 0.484 e. The molecule has 0 unspecified atom stereocenters. The highest BCUT2D eigenvalue weighted by Gasteiger charge is 2.09. The number of nitrogens with one attached hydrogen (secondary N) is 2. The van der Waals surface area contributed by atoms with E-state index in [-0.39, 0.29) is 12.5 Å². The maximum absolute atomic E-state index is 12.5. The maximum atomic E-state index is 12.5. The lowest BCUT2D eigenvalue weighted by Crippen LogP contribution is -2.20. The summed E-state index contributed by atoms with van der Waals surface area (Å²) in [6.45, 7) is -0.208. The summed E-state index contributed by atoms with van der Waals surface area (Å²) in [7, 11) is 0. The molecule has 0 saturated carbocycles. The van der Waals surface area contributed by atoms with Gasteiger partial charge in [-0.05, 0) is 48.5 Å². The maximum Gasteiger partial charge on any atom is 0.255 e. The van der Waals surface area contributed by atoms with Gasteiger partial charge in [0.05, 0.1) is 11.0 Å². The van der Waals surface area contributed by atoms with Gasteiger partial charge in [0.2, 0.25) is 0 Å². The standard InChI is InChI=1S/C22H18N4O3/c23-20(27)13-29-17-10-8-14(9-11-17)22(28)24-16-5-3-4-15(12-16)21-25-18-6-1-2-7-19(18)26-21/h1-12H,13H2,(H2,23,27)(H,24,28)(H,25,26). The predicted octanol–water partition coefficient (Wildman–Crippen LogP) is 3.35. The van der Waals surface area contributed by atoms with Crippen molar-refractivity contribution in [2.75, 3.05) is 11.9 Å². The van der Waals surface area contributed by atoms with Crippen molar-refractivity contribution in [1.82, 2.24) is 9.97 Å². The molecule has 3 aromatic carbocycles. The van der Waals surface area contributed by atoms with Gasteiger partial charge in [0.15, 0.2) is 6.61 Å². The molecule has 4 rings (SSSR count). The molecule has 4 aromatic rings. The number of H-pyrrole nitrogens is 1. The number of amides is 2. The Morgan fingerprint density at radius 3 is 2.55 bits per heavy atom. The number of carbonyl (C=O) groups excluding carboxylic acids is 2. The van der Waals surface area contributed by atoms with Crippen LogP contribution in [0.1, 0.15) is 10.4 Å². The minimum atomic E-state index is -0.559. The van der Waals surface area contributed by atoms with Crippen LogP contribution in [0.2, 0.25) is 0 Å². The molecule has 0 saturated heterocycles. The molecule has 7 heteroatoms. The third-order valence-electron chi connectivity index (χ3n) is 4.28. The van der Waals surface area contributed by atoms with Gasteiger partial charge in [-0.2, -0.15) is 0 Å². The molecule has 0 bridgehead atoms. The summed E-state index contributed by atoms with van der Waals surface area (Å²) < 4.78 is 5.19. The number of aromatic nitrogens is 2. The first-order valence-corrected chi connectivity index (χ1v) is 8.96. The number of para-hydroxylation sites is 2. The molecule has 0 spiro atoms. The van der Waals surface area contributed by atoms with Crippen LogP contribution in [-0.2, 0) is 4.79 Å². The van der Waals surface area contributed by atoms with E-state index in [0.29, 0.717) is 17.0 Å². The number of nitrogens with two attached hydrogens (primary N) is 1. The summed E-state index contributed by atoms with van der Waals surface area (Å²) in [6, 6.07) is 21.7. The Morgan fingerprint density at radius 1 is 1.00 bits per heavy atom. The Kier molecular flexibility index (Phi) is 4.94. The van der Waals surface area contributed by atoms with Crippen molar-refractivity contribution in [2.45, 2.75) is 0 Å². The van der Waals surface area contributed by atoms with Gasteiger partial charge in [-0.3, -0.25) is 9.59 Å². The number of nitrogens with zero attached hydrogens (tertiary/aromatic N) is 1. The number of hydrogen-bond donors (Lipinski definition) is 3. The lowest BCUT2D eigenvalue weighted by atomic mass is 10.1. The van der Waals surface area contributed by atoms with Crippen LogP contribution in [0.25, 0.3) is 22.4 Å². The van der Waals surface area contributed by atoms with Gasteiger partial charge in [-0.15, -0.1) is 0 Å². The second-order valence-electron chi connectivity index (χ2n) is 6.42. The van der Waals surface area contributed by atoms with Crippen LogP contribution in [0.4, 0.5) is 5.69 Å². The first-order chi connectivity index (χ1) is 14.1. The fraction of sp³-hybridized carbons (Fsp3) is 0.0455. The van der Waals surface area contributed by atoms with Crippen LogP contribution in [0.15, 0.2) is 72.8 Å². The summed E-state index contributed by atoms with van der Waals surface area (Å²) in [4.78, 5) is 31.2. The van der Waals surface area contributed by atoms with E-state index >= 15 is 0 Å². The Morgan fingerprint density at radius 2 is 1.79 bits per heavy atom. The molecule has 2 amide bonds. The van der Waals surface area contributed by atoms with Crippen molar-refractivity contribution in [3.05, 3.63) is 78.4 Å². The second kappa shape index (κ2) is 7.85. The fourth-order valence-corrected chi connectivity index (χ4v) is 2.89. The van der Waals surface area contributed by atoms with E-state index < -0.39 is 5.91 Å². The van der Waals surface area contributed by atoms with Crippen LogP contribution >= 0.6 is 0 Å². The number of rotatable bonds is 6. The van der Waals surface area contributed by atoms with E-state index in [1.54, 1.807) is 24.3 Å².